The van der Waals surface area contributed by atoms with E-state index in [0.717, 1.165) is 5.56 Å². The second-order valence-electron chi connectivity index (χ2n) is 8.41. The van der Waals surface area contributed by atoms with Crippen molar-refractivity contribution in [1.82, 2.24) is 4.90 Å². The molecule has 1 spiro atoms. The van der Waals surface area contributed by atoms with Crippen LogP contribution in [0.3, 0.4) is 0 Å². The number of carbonyl (C=O) groups excluding carboxylic acids is 2. The lowest BCUT2D eigenvalue weighted by Gasteiger charge is -2.34. The molecule has 0 N–H and O–H groups in total. The fourth-order valence-electron chi connectivity index (χ4n) is 4.13. The largest absolute Gasteiger partial charge is 0.497 e. The lowest BCUT2D eigenvalue weighted by Crippen LogP contribution is -2.45. The van der Waals surface area contributed by atoms with Crippen LogP contribution in [0.2, 0.25) is 0 Å². The molecule has 0 aromatic heterocycles. The molecule has 0 radical (unpaired) electrons. The first-order chi connectivity index (χ1) is 14.4. The van der Waals surface area contributed by atoms with Gasteiger partial charge in [-0.1, -0.05) is 38.1 Å². The average molecular weight is 405 g/mol. The van der Waals surface area contributed by atoms with Crippen molar-refractivity contribution in [3.8, 4) is 11.5 Å². The number of Topliss-reactive ketones (excluding diaryl/α,β-unsaturated/α-hetero) is 1. The minimum atomic E-state index is -0.638. The molecule has 4 rings (SSSR count). The Hall–Kier alpha value is -3.08. The number of benzene rings is 2. The third-order valence-corrected chi connectivity index (χ3v) is 5.95. The van der Waals surface area contributed by atoms with Crippen molar-refractivity contribution in [3.63, 3.8) is 0 Å². The Labute approximate surface area is 177 Å². The van der Waals surface area contributed by atoms with Gasteiger partial charge in [0.2, 0.25) is 5.91 Å². The van der Waals surface area contributed by atoms with Gasteiger partial charge < -0.3 is 14.4 Å². The zero-order valence-corrected chi connectivity index (χ0v) is 17.7. The summed E-state index contributed by atoms with van der Waals surface area (Å²) in [6.45, 7) is 5.31. The summed E-state index contributed by atoms with van der Waals surface area (Å²) >= 11 is 0. The molecule has 5 heteroatoms. The summed E-state index contributed by atoms with van der Waals surface area (Å²) in [5.41, 5.74) is 2.18. The lowest BCUT2D eigenvalue weighted by molar-refractivity contribution is -0.125. The summed E-state index contributed by atoms with van der Waals surface area (Å²) in [6.07, 6.45) is 4.36. The van der Waals surface area contributed by atoms with E-state index >= 15 is 0 Å². The van der Waals surface area contributed by atoms with Crippen molar-refractivity contribution in [1.29, 1.82) is 0 Å². The summed E-state index contributed by atoms with van der Waals surface area (Å²) in [7, 11) is 1.57. The van der Waals surface area contributed by atoms with Gasteiger partial charge in [-0.05, 0) is 41.3 Å². The smallest absolute Gasteiger partial charge is 0.246 e. The number of likely N-dealkylation sites (tertiary alicyclic amines) is 1. The third-order valence-electron chi connectivity index (χ3n) is 5.95. The summed E-state index contributed by atoms with van der Waals surface area (Å²) in [5, 5.41) is 0. The van der Waals surface area contributed by atoms with Crippen LogP contribution in [0, 0.1) is 0 Å². The SMILES string of the molecule is COc1ccc2c(c1)C(=O)CC1(CCN(C(=O)/C=C/c3ccc(C(C)C)cc3)C1)O2. The van der Waals surface area contributed by atoms with E-state index in [4.69, 9.17) is 9.47 Å². The Morgan fingerprint density at radius 2 is 1.97 bits per heavy atom. The van der Waals surface area contributed by atoms with Gasteiger partial charge >= 0.3 is 0 Å². The van der Waals surface area contributed by atoms with Gasteiger partial charge in [0.25, 0.3) is 0 Å². The maximum atomic E-state index is 12.7. The van der Waals surface area contributed by atoms with Gasteiger partial charge in [-0.2, -0.15) is 0 Å². The number of methoxy groups -OCH3 is 1. The van der Waals surface area contributed by atoms with Crippen LogP contribution in [0.1, 0.15) is 54.1 Å². The van der Waals surface area contributed by atoms with E-state index in [9.17, 15) is 9.59 Å². The zero-order chi connectivity index (χ0) is 21.3. The van der Waals surface area contributed by atoms with Gasteiger partial charge in [0.05, 0.1) is 25.6 Å². The monoisotopic (exact) mass is 405 g/mol. The van der Waals surface area contributed by atoms with Crippen LogP contribution >= 0.6 is 0 Å². The van der Waals surface area contributed by atoms with E-state index < -0.39 is 5.60 Å². The van der Waals surface area contributed by atoms with E-state index in [0.29, 0.717) is 42.5 Å². The van der Waals surface area contributed by atoms with E-state index in [1.54, 1.807) is 36.3 Å². The quantitative estimate of drug-likeness (QED) is 0.705. The first-order valence-electron chi connectivity index (χ1n) is 10.4. The van der Waals surface area contributed by atoms with Gasteiger partial charge in [0.1, 0.15) is 17.1 Å². The van der Waals surface area contributed by atoms with E-state index in [1.807, 2.05) is 18.2 Å². The van der Waals surface area contributed by atoms with Crippen molar-refractivity contribution >= 4 is 17.8 Å². The summed E-state index contributed by atoms with van der Waals surface area (Å²) < 4.78 is 11.4. The molecule has 1 unspecified atom stereocenters. The molecule has 30 heavy (non-hydrogen) atoms. The topological polar surface area (TPSA) is 55.8 Å². The predicted molar refractivity (Wildman–Crippen MR) is 116 cm³/mol. The van der Waals surface area contributed by atoms with Gasteiger partial charge in [-0.3, -0.25) is 9.59 Å². The molecule has 1 saturated heterocycles. The van der Waals surface area contributed by atoms with Crippen LogP contribution in [0.15, 0.2) is 48.5 Å². The van der Waals surface area contributed by atoms with Gasteiger partial charge in [-0.25, -0.2) is 0 Å². The standard InChI is InChI=1S/C25H27NO4/c1-17(2)19-7-4-18(5-8-19)6-11-24(28)26-13-12-25(16-26)15-22(27)21-14-20(29-3)9-10-23(21)30-25/h4-11,14,17H,12-13,15-16H2,1-3H3/b11-6+. The van der Waals surface area contributed by atoms with Crippen LogP contribution in [-0.2, 0) is 4.79 Å². The minimum Gasteiger partial charge on any atom is -0.497 e. The van der Waals surface area contributed by atoms with E-state index in [-0.39, 0.29) is 18.1 Å². The molecule has 0 aliphatic carbocycles. The second kappa shape index (κ2) is 7.98. The van der Waals surface area contributed by atoms with E-state index in [2.05, 4.69) is 26.0 Å². The van der Waals surface area contributed by atoms with Crippen molar-refractivity contribution in [3.05, 3.63) is 65.2 Å². The first kappa shape index (κ1) is 20.2. The highest BCUT2D eigenvalue weighted by Crippen LogP contribution is 2.40. The molecule has 2 aliphatic heterocycles. The number of fused-ring (bicyclic) bond motifs is 1. The molecule has 2 aromatic rings. The average Bonchev–Trinajstić information content (AvgIpc) is 3.15. The normalized spacial score (nSPS) is 20.7. The molecule has 1 amide bonds. The Balaban J connectivity index is 1.43. The third kappa shape index (κ3) is 3.97. The molecule has 5 nitrogen and oxygen atoms in total. The molecule has 1 fully saturated rings. The van der Waals surface area contributed by atoms with Crippen LogP contribution in [0.25, 0.3) is 6.08 Å². The number of hydrogen-bond donors (Lipinski definition) is 0. The molecule has 1 atom stereocenters. The molecular formula is C25H27NO4. The summed E-state index contributed by atoms with van der Waals surface area (Å²) in [5.74, 6) is 1.66. The maximum Gasteiger partial charge on any atom is 0.246 e. The van der Waals surface area contributed by atoms with Crippen molar-refractivity contribution in [2.75, 3.05) is 20.2 Å². The van der Waals surface area contributed by atoms with E-state index in [1.165, 1.54) is 5.56 Å². The van der Waals surface area contributed by atoms with Crippen LogP contribution < -0.4 is 9.47 Å². The zero-order valence-electron chi connectivity index (χ0n) is 17.7. The van der Waals surface area contributed by atoms with Crippen molar-refractivity contribution in [2.24, 2.45) is 0 Å². The lowest BCUT2D eigenvalue weighted by atomic mass is 9.89. The number of hydrogen-bond acceptors (Lipinski definition) is 4. The van der Waals surface area contributed by atoms with Gasteiger partial charge in [0.15, 0.2) is 5.78 Å². The molecule has 0 bridgehead atoms. The highest BCUT2D eigenvalue weighted by molar-refractivity contribution is 6.01. The number of rotatable bonds is 4. The Morgan fingerprint density at radius 1 is 1.20 bits per heavy atom. The number of amides is 1. The first-order valence-corrected chi connectivity index (χ1v) is 10.4. The van der Waals surface area contributed by atoms with Gasteiger partial charge in [-0.15, -0.1) is 0 Å². The number of carbonyl (C=O) groups is 2. The molecule has 2 heterocycles. The number of ether oxygens (including phenoxy) is 2. The number of nitrogens with zero attached hydrogens (tertiary/aromatic N) is 1. The minimum absolute atomic E-state index is 0.0326. The van der Waals surface area contributed by atoms with Gasteiger partial charge in [0, 0.05) is 19.0 Å². The highest BCUT2D eigenvalue weighted by atomic mass is 16.5. The maximum absolute atomic E-state index is 12.7. The fourth-order valence-corrected chi connectivity index (χ4v) is 4.13. The summed E-state index contributed by atoms with van der Waals surface area (Å²) in [4.78, 5) is 27.2. The second-order valence-corrected chi connectivity index (χ2v) is 8.41. The Bertz CT molecular complexity index is 993. The van der Waals surface area contributed by atoms with Crippen LogP contribution in [-0.4, -0.2) is 42.4 Å². The van der Waals surface area contributed by atoms with Crippen molar-refractivity contribution < 1.29 is 19.1 Å². The number of ketones is 1. The van der Waals surface area contributed by atoms with Crippen LogP contribution in [0.5, 0.6) is 11.5 Å². The highest BCUT2D eigenvalue weighted by Gasteiger charge is 2.46. The Morgan fingerprint density at radius 3 is 2.67 bits per heavy atom. The Kier molecular flexibility index (Phi) is 5.37. The predicted octanol–water partition coefficient (Wildman–Crippen LogP) is 4.47. The molecule has 2 aromatic carbocycles. The fraction of sp³-hybridized carbons (Fsp3) is 0.360. The van der Waals surface area contributed by atoms with Crippen molar-refractivity contribution in [2.45, 2.75) is 38.2 Å². The molecular weight excluding hydrogens is 378 g/mol. The summed E-state index contributed by atoms with van der Waals surface area (Å²) in [6, 6.07) is 13.5. The molecule has 156 valence electrons. The van der Waals surface area contributed by atoms with Crippen LogP contribution in [0.4, 0.5) is 0 Å². The molecule has 0 saturated carbocycles. The molecule has 2 aliphatic rings.